The number of nitrogens with zero attached hydrogens (tertiary/aromatic N) is 4. The largest absolute Gasteiger partial charge is 0.332 e. The van der Waals surface area contributed by atoms with Crippen molar-refractivity contribution in [1.29, 1.82) is 0 Å². The summed E-state index contributed by atoms with van der Waals surface area (Å²) in [5, 5.41) is 3.12. The Balaban J connectivity index is 1.71. The highest BCUT2D eigenvalue weighted by Crippen LogP contribution is 2.29. The van der Waals surface area contributed by atoms with Gasteiger partial charge in [-0.25, -0.2) is 9.78 Å². The summed E-state index contributed by atoms with van der Waals surface area (Å²) >= 11 is 0. The second-order valence-corrected chi connectivity index (χ2v) is 8.98. The quantitative estimate of drug-likeness (QED) is 0.624. The van der Waals surface area contributed by atoms with E-state index in [2.05, 4.69) is 10.3 Å². The maximum atomic E-state index is 13.3. The maximum absolute atomic E-state index is 13.3. The summed E-state index contributed by atoms with van der Waals surface area (Å²) < 4.78 is 2.30. The molecule has 1 aliphatic rings. The Morgan fingerprint density at radius 3 is 2.53 bits per heavy atom. The van der Waals surface area contributed by atoms with Crippen molar-refractivity contribution in [3.63, 3.8) is 0 Å². The van der Waals surface area contributed by atoms with Crippen LogP contribution in [0.2, 0.25) is 0 Å². The average Bonchev–Trinajstić information content (AvgIpc) is 3.20. The molecule has 34 heavy (non-hydrogen) atoms. The van der Waals surface area contributed by atoms with E-state index in [1.54, 1.807) is 18.1 Å². The molecule has 1 fully saturated rings. The zero-order valence-electron chi connectivity index (χ0n) is 20.1. The molecule has 9 heteroatoms. The predicted octanol–water partition coefficient (Wildman–Crippen LogP) is 2.19. The third kappa shape index (κ3) is 3.91. The Morgan fingerprint density at radius 1 is 1.12 bits per heavy atom. The summed E-state index contributed by atoms with van der Waals surface area (Å²) in [5.41, 5.74) is 3.27. The van der Waals surface area contributed by atoms with Gasteiger partial charge < -0.3 is 10.2 Å². The topological polar surface area (TPSA) is 106 Å². The molecule has 2 amide bonds. The number of nitrogens with one attached hydrogen (secondary N) is 1. The van der Waals surface area contributed by atoms with E-state index in [9.17, 15) is 19.2 Å². The van der Waals surface area contributed by atoms with Crippen LogP contribution in [0.25, 0.3) is 11.0 Å². The van der Waals surface area contributed by atoms with E-state index in [1.165, 1.54) is 11.6 Å². The summed E-state index contributed by atoms with van der Waals surface area (Å²) in [7, 11) is 2.94. The number of anilines is 2. The Labute approximate surface area is 197 Å². The zero-order chi connectivity index (χ0) is 24.7. The Bertz CT molecular complexity index is 1440. The molecule has 2 aromatic heterocycles. The van der Waals surface area contributed by atoms with E-state index in [0.29, 0.717) is 12.1 Å². The van der Waals surface area contributed by atoms with Crippen molar-refractivity contribution in [1.82, 2.24) is 14.1 Å². The molecule has 0 saturated carbocycles. The normalized spacial score (nSPS) is 15.9. The molecular formula is C25H29N5O4. The lowest BCUT2D eigenvalue weighted by Crippen LogP contribution is -2.38. The maximum Gasteiger partial charge on any atom is 0.332 e. The summed E-state index contributed by atoms with van der Waals surface area (Å²) in [6.07, 6.45) is 3.07. The Hall–Kier alpha value is -3.75. The lowest BCUT2D eigenvalue weighted by Gasteiger charge is -2.19. The van der Waals surface area contributed by atoms with Gasteiger partial charge in [0.2, 0.25) is 11.8 Å². The van der Waals surface area contributed by atoms with Gasteiger partial charge in [-0.15, -0.1) is 0 Å². The number of amides is 2. The lowest BCUT2D eigenvalue weighted by atomic mass is 10.0. The van der Waals surface area contributed by atoms with Gasteiger partial charge in [0.15, 0.2) is 5.65 Å². The van der Waals surface area contributed by atoms with Crippen molar-refractivity contribution in [2.75, 3.05) is 16.8 Å². The van der Waals surface area contributed by atoms with E-state index in [0.717, 1.165) is 33.4 Å². The number of rotatable bonds is 5. The Kier molecular flexibility index (Phi) is 6.12. The van der Waals surface area contributed by atoms with Crippen LogP contribution >= 0.6 is 0 Å². The van der Waals surface area contributed by atoms with Crippen LogP contribution in [0, 0.1) is 19.8 Å². The van der Waals surface area contributed by atoms with Crippen molar-refractivity contribution in [2.45, 2.75) is 40.0 Å². The third-order valence-corrected chi connectivity index (χ3v) is 6.61. The molecule has 0 radical (unpaired) electrons. The number of benzene rings is 1. The van der Waals surface area contributed by atoms with E-state index >= 15 is 0 Å². The summed E-state index contributed by atoms with van der Waals surface area (Å²) in [4.78, 5) is 57.4. The summed E-state index contributed by atoms with van der Waals surface area (Å²) in [6.45, 7) is 6.25. The first-order chi connectivity index (χ1) is 16.1. The van der Waals surface area contributed by atoms with E-state index in [1.807, 2.05) is 39.0 Å². The van der Waals surface area contributed by atoms with Crippen molar-refractivity contribution >= 4 is 34.2 Å². The molecule has 1 atom stereocenters. The molecule has 1 aromatic carbocycles. The Morgan fingerprint density at radius 2 is 1.85 bits per heavy atom. The molecule has 1 saturated heterocycles. The summed E-state index contributed by atoms with van der Waals surface area (Å²) in [5.74, 6) is -1.02. The monoisotopic (exact) mass is 463 g/mol. The highest BCUT2D eigenvalue weighted by Gasteiger charge is 2.36. The molecule has 0 bridgehead atoms. The number of hydrogen-bond donors (Lipinski definition) is 1. The first kappa shape index (κ1) is 23.4. The predicted molar refractivity (Wildman–Crippen MR) is 131 cm³/mol. The number of pyridine rings is 1. The molecule has 9 nitrogen and oxygen atoms in total. The van der Waals surface area contributed by atoms with Gasteiger partial charge in [0.05, 0.1) is 11.6 Å². The van der Waals surface area contributed by atoms with Crippen LogP contribution in [0.4, 0.5) is 11.4 Å². The van der Waals surface area contributed by atoms with Gasteiger partial charge in [-0.3, -0.25) is 23.5 Å². The van der Waals surface area contributed by atoms with Gasteiger partial charge in [-0.2, -0.15) is 0 Å². The third-order valence-electron chi connectivity index (χ3n) is 6.61. The number of aryl methyl sites for hydroxylation is 4. The van der Waals surface area contributed by atoms with Crippen LogP contribution in [0.15, 0.2) is 34.0 Å². The molecule has 0 aliphatic carbocycles. The van der Waals surface area contributed by atoms with E-state index in [4.69, 9.17) is 0 Å². The molecule has 1 aliphatic heterocycles. The molecule has 3 heterocycles. The fraction of sp³-hybridized carbons (Fsp3) is 0.400. The summed E-state index contributed by atoms with van der Waals surface area (Å²) in [6, 6.07) is 5.81. The SMILES string of the molecule is CCCc1cnc2c(c1NC(=O)C1CC(=O)N(c3ccc(C)c(C)c3)C1)c(=O)n(C)c(=O)n2C. The minimum atomic E-state index is -0.566. The number of carbonyl (C=O) groups excluding carboxylic acids is 2. The number of aromatic nitrogens is 3. The number of fused-ring (bicyclic) bond motifs is 1. The first-order valence-corrected chi connectivity index (χ1v) is 11.4. The minimum absolute atomic E-state index is 0.0847. The molecule has 0 spiro atoms. The van der Waals surface area contributed by atoms with Crippen LogP contribution in [-0.4, -0.2) is 32.5 Å². The first-order valence-electron chi connectivity index (χ1n) is 11.4. The zero-order valence-corrected chi connectivity index (χ0v) is 20.1. The smallest absolute Gasteiger partial charge is 0.325 e. The molecular weight excluding hydrogens is 434 g/mol. The van der Waals surface area contributed by atoms with Crippen LogP contribution < -0.4 is 21.5 Å². The van der Waals surface area contributed by atoms with E-state index < -0.39 is 17.2 Å². The van der Waals surface area contributed by atoms with Crippen LogP contribution in [0.5, 0.6) is 0 Å². The standard InChI is InChI=1S/C25H29N5O4/c1-6-7-16-12-26-22-20(24(33)29(5)25(34)28(22)4)21(16)27-23(32)17-11-19(31)30(13-17)18-9-8-14(2)15(3)10-18/h8-10,12,17H,6-7,11,13H2,1-5H3,(H,26,27,32). The van der Waals surface area contributed by atoms with Crippen LogP contribution in [-0.2, 0) is 30.1 Å². The second kappa shape index (κ2) is 8.89. The number of carbonyl (C=O) groups is 2. The van der Waals surface area contributed by atoms with Gasteiger partial charge in [0, 0.05) is 38.9 Å². The van der Waals surface area contributed by atoms with Gasteiger partial charge in [0.1, 0.15) is 5.39 Å². The minimum Gasteiger partial charge on any atom is -0.325 e. The van der Waals surface area contributed by atoms with Crippen molar-refractivity contribution in [2.24, 2.45) is 20.0 Å². The van der Waals surface area contributed by atoms with Gasteiger partial charge in [-0.05, 0) is 49.1 Å². The van der Waals surface area contributed by atoms with Gasteiger partial charge >= 0.3 is 5.69 Å². The van der Waals surface area contributed by atoms with Crippen LogP contribution in [0.3, 0.4) is 0 Å². The molecule has 1 unspecified atom stereocenters. The fourth-order valence-electron chi connectivity index (χ4n) is 4.42. The molecule has 1 N–H and O–H groups in total. The number of hydrogen-bond acceptors (Lipinski definition) is 5. The molecule has 4 rings (SSSR count). The highest BCUT2D eigenvalue weighted by atomic mass is 16.2. The molecule has 178 valence electrons. The van der Waals surface area contributed by atoms with Crippen LogP contribution in [0.1, 0.15) is 36.5 Å². The van der Waals surface area contributed by atoms with Crippen molar-refractivity contribution in [3.05, 3.63) is 61.9 Å². The van der Waals surface area contributed by atoms with Gasteiger partial charge in [-0.1, -0.05) is 19.4 Å². The van der Waals surface area contributed by atoms with Crippen molar-refractivity contribution in [3.8, 4) is 0 Å². The van der Waals surface area contributed by atoms with E-state index in [-0.39, 0.29) is 35.8 Å². The highest BCUT2D eigenvalue weighted by molar-refractivity contribution is 6.06. The second-order valence-electron chi connectivity index (χ2n) is 8.98. The van der Waals surface area contributed by atoms with Crippen molar-refractivity contribution < 1.29 is 9.59 Å². The lowest BCUT2D eigenvalue weighted by molar-refractivity contribution is -0.122. The van der Waals surface area contributed by atoms with Gasteiger partial charge in [0.25, 0.3) is 5.56 Å². The average molecular weight is 464 g/mol. The molecule has 3 aromatic rings. The fourth-order valence-corrected chi connectivity index (χ4v) is 4.42.